The van der Waals surface area contributed by atoms with Gasteiger partial charge in [-0.2, -0.15) is 0 Å². The Morgan fingerprint density at radius 1 is 1.19 bits per heavy atom. The predicted molar refractivity (Wildman–Crippen MR) is 100 cm³/mol. The number of carbonyl (C=O) groups excluding carboxylic acids is 2. The molecule has 0 bridgehead atoms. The topological polar surface area (TPSA) is 34.1 Å². The molecule has 0 unspecified atom stereocenters. The average Bonchev–Trinajstić information content (AvgIpc) is 2.94. The van der Waals surface area contributed by atoms with Crippen LogP contribution < -0.4 is 0 Å². The van der Waals surface area contributed by atoms with E-state index in [1.807, 2.05) is 13.0 Å². The summed E-state index contributed by atoms with van der Waals surface area (Å²) in [7, 11) is 0. The molecule has 0 radical (unpaired) electrons. The van der Waals surface area contributed by atoms with Crippen molar-refractivity contribution >= 4 is 11.6 Å². The van der Waals surface area contributed by atoms with Crippen LogP contribution in [0.3, 0.4) is 0 Å². The highest BCUT2D eigenvalue weighted by atomic mass is 19.1. The van der Waals surface area contributed by atoms with E-state index in [0.717, 1.165) is 32.1 Å². The van der Waals surface area contributed by atoms with E-state index in [9.17, 15) is 14.0 Å². The molecular formula is C23H31FO2. The summed E-state index contributed by atoms with van der Waals surface area (Å²) in [4.78, 5) is 24.5. The van der Waals surface area contributed by atoms with Crippen LogP contribution in [0.15, 0.2) is 23.3 Å². The number of carbonyl (C=O) groups is 2. The van der Waals surface area contributed by atoms with Crippen molar-refractivity contribution in [3.8, 4) is 0 Å². The van der Waals surface area contributed by atoms with Crippen molar-refractivity contribution in [1.29, 1.82) is 0 Å². The van der Waals surface area contributed by atoms with Crippen molar-refractivity contribution < 1.29 is 14.0 Å². The van der Waals surface area contributed by atoms with Gasteiger partial charge >= 0.3 is 0 Å². The van der Waals surface area contributed by atoms with Gasteiger partial charge in [0.15, 0.2) is 11.6 Å². The van der Waals surface area contributed by atoms with Crippen LogP contribution in [0.25, 0.3) is 0 Å². The number of alkyl halides is 1. The molecule has 0 saturated heterocycles. The van der Waals surface area contributed by atoms with E-state index in [4.69, 9.17) is 0 Å². The Hall–Kier alpha value is -1.25. The first kappa shape index (κ1) is 18.1. The Labute approximate surface area is 156 Å². The number of halogens is 1. The molecule has 2 nitrogen and oxygen atoms in total. The van der Waals surface area contributed by atoms with Gasteiger partial charge in [0, 0.05) is 17.3 Å². The fraction of sp³-hybridized carbons (Fsp3) is 0.739. The molecule has 0 heterocycles. The lowest BCUT2D eigenvalue weighted by Gasteiger charge is -2.55. The molecule has 2 fully saturated rings. The highest BCUT2D eigenvalue weighted by molar-refractivity contribution is 5.94. The molecule has 0 N–H and O–H groups in total. The van der Waals surface area contributed by atoms with E-state index in [-0.39, 0.29) is 34.2 Å². The molecule has 0 amide bonds. The maximum atomic E-state index is 13.1. The predicted octanol–water partition coefficient (Wildman–Crippen LogP) is 5.09. The lowest BCUT2D eigenvalue weighted by molar-refractivity contribution is -0.128. The van der Waals surface area contributed by atoms with Gasteiger partial charge in [0.25, 0.3) is 0 Å². The second-order valence-corrected chi connectivity index (χ2v) is 9.89. The molecule has 0 aromatic heterocycles. The zero-order valence-electron chi connectivity index (χ0n) is 16.5. The van der Waals surface area contributed by atoms with Crippen LogP contribution in [0.1, 0.15) is 59.8 Å². The zero-order chi connectivity index (χ0) is 18.9. The Morgan fingerprint density at radius 3 is 2.62 bits per heavy atom. The highest BCUT2D eigenvalue weighted by Gasteiger charge is 2.58. The first-order valence-corrected chi connectivity index (χ1v) is 10.3. The zero-order valence-corrected chi connectivity index (χ0v) is 16.5. The number of allylic oxidation sites excluding steroid dienone is 4. The smallest absolute Gasteiger partial charge is 0.167 e. The molecule has 0 aromatic carbocycles. The van der Waals surface area contributed by atoms with Gasteiger partial charge < -0.3 is 0 Å². The van der Waals surface area contributed by atoms with Gasteiger partial charge in [0.2, 0.25) is 0 Å². The van der Waals surface area contributed by atoms with Gasteiger partial charge in [-0.3, -0.25) is 9.59 Å². The Balaban J connectivity index is 1.76. The van der Waals surface area contributed by atoms with Crippen LogP contribution in [-0.4, -0.2) is 18.2 Å². The summed E-state index contributed by atoms with van der Waals surface area (Å²) in [5.74, 6) is 1.38. The summed E-state index contributed by atoms with van der Waals surface area (Å²) >= 11 is 0. The summed E-state index contributed by atoms with van der Waals surface area (Å²) in [5.41, 5.74) is 2.72. The van der Waals surface area contributed by atoms with Crippen molar-refractivity contribution in [3.63, 3.8) is 0 Å². The normalized spacial score (nSPS) is 47.4. The molecule has 4 rings (SSSR count). The van der Waals surface area contributed by atoms with E-state index < -0.39 is 6.67 Å². The largest absolute Gasteiger partial charge is 0.296 e. The van der Waals surface area contributed by atoms with Gasteiger partial charge in [0.1, 0.15) is 6.67 Å². The number of rotatable bonds is 2. The molecule has 0 spiro atoms. The molecule has 4 aliphatic carbocycles. The number of hydrogen-bond acceptors (Lipinski definition) is 2. The van der Waals surface area contributed by atoms with Crippen molar-refractivity contribution in [3.05, 3.63) is 23.3 Å². The van der Waals surface area contributed by atoms with E-state index in [2.05, 4.69) is 26.8 Å². The third-order valence-electron chi connectivity index (χ3n) is 8.49. The minimum atomic E-state index is -0.825. The number of ketones is 2. The number of Topliss-reactive ketones (excluding diaryl/α,β-unsaturated/α-hetero) is 1. The standard InChI is InChI=1S/C23H31FO2/c1-13-9-15-16-5-6-18(21(26)12-24)22(16,3)8-7-17(15)23(4)11-14(2)20(25)10-19(13)23/h7,10,13-16,18H,5-6,8-9,11-12H2,1-4H3/t13-,14+,15-,16-,18+,22-,23+/m0/s1. The maximum absolute atomic E-state index is 13.1. The first-order valence-electron chi connectivity index (χ1n) is 10.3. The fourth-order valence-corrected chi connectivity index (χ4v) is 7.23. The maximum Gasteiger partial charge on any atom is 0.167 e. The summed E-state index contributed by atoms with van der Waals surface area (Å²) in [6.45, 7) is 8.04. The fourth-order valence-electron chi connectivity index (χ4n) is 7.23. The van der Waals surface area contributed by atoms with Crippen molar-refractivity contribution in [2.75, 3.05) is 6.67 Å². The molecule has 142 valence electrons. The molecule has 26 heavy (non-hydrogen) atoms. The SMILES string of the molecule is C[C@@H]1C[C@]2(C)C3=CC[C@]4(C)[C@@H](C(=O)CF)CC[C@H]4[C@@H]3C[C@H](C)C2=CC1=O. The molecule has 3 heteroatoms. The monoisotopic (exact) mass is 358 g/mol. The van der Waals surface area contributed by atoms with Crippen molar-refractivity contribution in [2.24, 2.45) is 40.4 Å². The average molecular weight is 358 g/mol. The van der Waals surface area contributed by atoms with E-state index in [0.29, 0.717) is 17.8 Å². The minimum Gasteiger partial charge on any atom is -0.296 e. The highest BCUT2D eigenvalue weighted by Crippen LogP contribution is 2.65. The van der Waals surface area contributed by atoms with E-state index in [1.165, 1.54) is 11.1 Å². The van der Waals surface area contributed by atoms with Gasteiger partial charge in [-0.25, -0.2) is 4.39 Å². The Morgan fingerprint density at radius 2 is 1.92 bits per heavy atom. The van der Waals surface area contributed by atoms with Crippen LogP contribution in [0, 0.1) is 40.4 Å². The number of hydrogen-bond donors (Lipinski definition) is 0. The molecule has 0 aliphatic heterocycles. The second-order valence-electron chi connectivity index (χ2n) is 9.89. The molecule has 2 saturated carbocycles. The number of fused-ring (bicyclic) bond motifs is 5. The summed E-state index contributed by atoms with van der Waals surface area (Å²) < 4.78 is 13.1. The van der Waals surface area contributed by atoms with E-state index >= 15 is 0 Å². The first-order chi connectivity index (χ1) is 12.2. The lowest BCUT2D eigenvalue weighted by Crippen LogP contribution is -2.48. The third kappa shape index (κ3) is 2.28. The third-order valence-corrected chi connectivity index (χ3v) is 8.49. The van der Waals surface area contributed by atoms with Gasteiger partial charge in [-0.05, 0) is 61.3 Å². The quantitative estimate of drug-likeness (QED) is 0.645. The van der Waals surface area contributed by atoms with Crippen molar-refractivity contribution in [2.45, 2.75) is 59.8 Å². The summed E-state index contributed by atoms with van der Waals surface area (Å²) in [6.07, 6.45) is 9.03. The van der Waals surface area contributed by atoms with E-state index in [1.54, 1.807) is 0 Å². The molecule has 4 aliphatic rings. The van der Waals surface area contributed by atoms with Gasteiger partial charge in [0.05, 0.1) is 0 Å². The minimum absolute atomic E-state index is 0.0147. The van der Waals surface area contributed by atoms with Crippen LogP contribution >= 0.6 is 0 Å². The van der Waals surface area contributed by atoms with Crippen LogP contribution in [0.5, 0.6) is 0 Å². The molecule has 0 aromatic rings. The second kappa shape index (κ2) is 5.87. The van der Waals surface area contributed by atoms with Gasteiger partial charge in [-0.1, -0.05) is 44.9 Å². The molecule has 7 atom stereocenters. The van der Waals surface area contributed by atoms with Gasteiger partial charge in [-0.15, -0.1) is 0 Å². The Bertz CT molecular complexity index is 720. The molecular weight excluding hydrogens is 327 g/mol. The summed E-state index contributed by atoms with van der Waals surface area (Å²) in [5, 5.41) is 0. The Kier molecular flexibility index (Phi) is 4.09. The lowest BCUT2D eigenvalue weighted by atomic mass is 9.48. The summed E-state index contributed by atoms with van der Waals surface area (Å²) in [6, 6.07) is 0. The van der Waals surface area contributed by atoms with Crippen LogP contribution in [-0.2, 0) is 9.59 Å². The van der Waals surface area contributed by atoms with Crippen LogP contribution in [0.2, 0.25) is 0 Å². The van der Waals surface area contributed by atoms with Crippen molar-refractivity contribution in [1.82, 2.24) is 0 Å². The van der Waals surface area contributed by atoms with Crippen LogP contribution in [0.4, 0.5) is 4.39 Å².